The van der Waals surface area contributed by atoms with E-state index in [9.17, 15) is 0 Å². The fraction of sp³-hybridized carbons (Fsp3) is 0.500. The van der Waals surface area contributed by atoms with Crippen LogP contribution in [0.15, 0.2) is 22.8 Å². The standard InChI is InChI=1S/C10H14BrN3/c1-14-6-8(7-14)5-12-10-4-2-3-9(11)13-10/h2-4,8H,5-7H2,1H3,(H,12,13). The highest BCUT2D eigenvalue weighted by atomic mass is 79.9. The Bertz CT molecular complexity index is 310. The second-order valence-corrected chi connectivity index (χ2v) is 4.63. The average Bonchev–Trinajstić information content (AvgIpc) is 2.11. The second-order valence-electron chi connectivity index (χ2n) is 3.81. The first-order valence-electron chi connectivity index (χ1n) is 4.79. The van der Waals surface area contributed by atoms with Crippen LogP contribution in [0.4, 0.5) is 5.82 Å². The first-order valence-corrected chi connectivity index (χ1v) is 5.58. The number of nitrogens with zero attached hydrogens (tertiary/aromatic N) is 2. The van der Waals surface area contributed by atoms with Crippen molar-refractivity contribution in [3.8, 4) is 0 Å². The molecule has 76 valence electrons. The van der Waals surface area contributed by atoms with E-state index in [1.54, 1.807) is 0 Å². The molecule has 1 aromatic rings. The van der Waals surface area contributed by atoms with Crippen molar-refractivity contribution in [2.24, 2.45) is 5.92 Å². The monoisotopic (exact) mass is 255 g/mol. The summed E-state index contributed by atoms with van der Waals surface area (Å²) < 4.78 is 0.883. The van der Waals surface area contributed by atoms with Crippen LogP contribution in [0.3, 0.4) is 0 Å². The number of hydrogen-bond donors (Lipinski definition) is 1. The largest absolute Gasteiger partial charge is 0.370 e. The highest BCUT2D eigenvalue weighted by molar-refractivity contribution is 9.10. The zero-order valence-electron chi connectivity index (χ0n) is 8.20. The van der Waals surface area contributed by atoms with Crippen molar-refractivity contribution in [2.45, 2.75) is 0 Å². The van der Waals surface area contributed by atoms with Gasteiger partial charge in [-0.15, -0.1) is 0 Å². The molecule has 2 heterocycles. The van der Waals surface area contributed by atoms with Gasteiger partial charge in [0.2, 0.25) is 0 Å². The molecular weight excluding hydrogens is 242 g/mol. The molecule has 14 heavy (non-hydrogen) atoms. The number of halogens is 1. The van der Waals surface area contributed by atoms with Crippen LogP contribution in [0.1, 0.15) is 0 Å². The first-order chi connectivity index (χ1) is 6.74. The molecule has 1 aliphatic rings. The molecule has 1 saturated heterocycles. The summed E-state index contributed by atoms with van der Waals surface area (Å²) in [7, 11) is 2.15. The predicted octanol–water partition coefficient (Wildman–Crippen LogP) is 1.82. The van der Waals surface area contributed by atoms with Crippen molar-refractivity contribution in [1.82, 2.24) is 9.88 Å². The van der Waals surface area contributed by atoms with Crippen LogP contribution in [-0.4, -0.2) is 36.6 Å². The van der Waals surface area contributed by atoms with E-state index >= 15 is 0 Å². The van der Waals surface area contributed by atoms with E-state index in [0.29, 0.717) is 0 Å². The lowest BCUT2D eigenvalue weighted by Gasteiger charge is -2.36. The minimum Gasteiger partial charge on any atom is -0.370 e. The number of anilines is 1. The van der Waals surface area contributed by atoms with Gasteiger partial charge in [-0.1, -0.05) is 6.07 Å². The van der Waals surface area contributed by atoms with E-state index in [1.807, 2.05) is 18.2 Å². The molecule has 0 saturated carbocycles. The Morgan fingerprint density at radius 1 is 1.57 bits per heavy atom. The number of hydrogen-bond acceptors (Lipinski definition) is 3. The highest BCUT2D eigenvalue weighted by Crippen LogP contribution is 2.14. The third kappa shape index (κ3) is 2.45. The highest BCUT2D eigenvalue weighted by Gasteiger charge is 2.22. The molecule has 0 aromatic carbocycles. The molecule has 0 amide bonds. The zero-order chi connectivity index (χ0) is 9.97. The Labute approximate surface area is 92.6 Å². The zero-order valence-corrected chi connectivity index (χ0v) is 9.79. The van der Waals surface area contributed by atoms with Crippen LogP contribution in [0.25, 0.3) is 0 Å². The molecule has 0 aliphatic carbocycles. The summed E-state index contributed by atoms with van der Waals surface area (Å²) in [4.78, 5) is 6.63. The van der Waals surface area contributed by atoms with Gasteiger partial charge in [-0.05, 0) is 35.1 Å². The van der Waals surface area contributed by atoms with Gasteiger partial charge < -0.3 is 10.2 Å². The first kappa shape index (κ1) is 9.93. The van der Waals surface area contributed by atoms with Gasteiger partial charge >= 0.3 is 0 Å². The van der Waals surface area contributed by atoms with Gasteiger partial charge in [0.1, 0.15) is 10.4 Å². The van der Waals surface area contributed by atoms with Crippen LogP contribution in [0.5, 0.6) is 0 Å². The summed E-state index contributed by atoms with van der Waals surface area (Å²) in [6.07, 6.45) is 0. The van der Waals surface area contributed by atoms with E-state index in [-0.39, 0.29) is 0 Å². The van der Waals surface area contributed by atoms with Crippen molar-refractivity contribution in [2.75, 3.05) is 32.0 Å². The van der Waals surface area contributed by atoms with Crippen molar-refractivity contribution in [3.05, 3.63) is 22.8 Å². The van der Waals surface area contributed by atoms with Gasteiger partial charge in [0.15, 0.2) is 0 Å². The minimum absolute atomic E-state index is 0.779. The molecule has 0 bridgehead atoms. The van der Waals surface area contributed by atoms with Gasteiger partial charge in [-0.2, -0.15) is 0 Å². The molecule has 1 N–H and O–H groups in total. The van der Waals surface area contributed by atoms with E-state index < -0.39 is 0 Å². The van der Waals surface area contributed by atoms with Crippen molar-refractivity contribution in [1.29, 1.82) is 0 Å². The molecular formula is C10H14BrN3. The molecule has 3 nitrogen and oxygen atoms in total. The molecule has 1 aliphatic heterocycles. The molecule has 1 fully saturated rings. The topological polar surface area (TPSA) is 28.2 Å². The minimum atomic E-state index is 0.779. The number of likely N-dealkylation sites (tertiary alicyclic amines) is 1. The molecule has 4 heteroatoms. The number of aromatic nitrogens is 1. The summed E-state index contributed by atoms with van der Waals surface area (Å²) in [6.45, 7) is 3.41. The Hall–Kier alpha value is -0.610. The lowest BCUT2D eigenvalue weighted by atomic mass is 10.0. The van der Waals surface area contributed by atoms with Crippen LogP contribution in [0, 0.1) is 5.92 Å². The molecule has 0 spiro atoms. The van der Waals surface area contributed by atoms with Crippen molar-refractivity contribution >= 4 is 21.7 Å². The van der Waals surface area contributed by atoms with Crippen LogP contribution < -0.4 is 5.32 Å². The van der Waals surface area contributed by atoms with Crippen LogP contribution in [-0.2, 0) is 0 Å². The lowest BCUT2D eigenvalue weighted by Crippen LogP contribution is -2.46. The van der Waals surface area contributed by atoms with Gasteiger partial charge in [-0.3, -0.25) is 0 Å². The average molecular weight is 256 g/mol. The molecule has 0 unspecified atom stereocenters. The molecule has 2 rings (SSSR count). The van der Waals surface area contributed by atoms with Gasteiger partial charge in [0.25, 0.3) is 0 Å². The van der Waals surface area contributed by atoms with Gasteiger partial charge in [-0.25, -0.2) is 4.98 Å². The van der Waals surface area contributed by atoms with E-state index in [1.165, 1.54) is 13.1 Å². The molecule has 0 atom stereocenters. The predicted molar refractivity (Wildman–Crippen MR) is 61.4 cm³/mol. The third-order valence-corrected chi connectivity index (χ3v) is 2.87. The van der Waals surface area contributed by atoms with Crippen molar-refractivity contribution in [3.63, 3.8) is 0 Å². The summed E-state index contributed by atoms with van der Waals surface area (Å²) >= 11 is 3.35. The maximum atomic E-state index is 4.31. The van der Waals surface area contributed by atoms with Gasteiger partial charge in [0.05, 0.1) is 0 Å². The summed E-state index contributed by atoms with van der Waals surface area (Å²) in [5.41, 5.74) is 0. The number of pyridine rings is 1. The summed E-state index contributed by atoms with van der Waals surface area (Å²) in [5.74, 6) is 1.73. The quantitative estimate of drug-likeness (QED) is 0.836. The van der Waals surface area contributed by atoms with Gasteiger partial charge in [0, 0.05) is 25.6 Å². The van der Waals surface area contributed by atoms with Crippen molar-refractivity contribution < 1.29 is 0 Å². The maximum absolute atomic E-state index is 4.31. The number of rotatable bonds is 3. The second kappa shape index (κ2) is 4.28. The Balaban J connectivity index is 1.80. The summed E-state index contributed by atoms with van der Waals surface area (Å²) in [5, 5.41) is 3.34. The Kier molecular flexibility index (Phi) is 3.03. The Morgan fingerprint density at radius 3 is 3.00 bits per heavy atom. The fourth-order valence-corrected chi connectivity index (χ4v) is 2.06. The normalized spacial score (nSPS) is 17.9. The van der Waals surface area contributed by atoms with Crippen LogP contribution in [0.2, 0.25) is 0 Å². The van der Waals surface area contributed by atoms with E-state index in [4.69, 9.17) is 0 Å². The van der Waals surface area contributed by atoms with Crippen LogP contribution >= 0.6 is 15.9 Å². The third-order valence-electron chi connectivity index (χ3n) is 2.43. The smallest absolute Gasteiger partial charge is 0.127 e. The maximum Gasteiger partial charge on any atom is 0.127 e. The van der Waals surface area contributed by atoms with E-state index in [0.717, 1.165) is 22.9 Å². The Morgan fingerprint density at radius 2 is 2.36 bits per heavy atom. The fourth-order valence-electron chi connectivity index (χ4n) is 1.71. The SMILES string of the molecule is CN1CC(CNc2cccc(Br)n2)C1. The lowest BCUT2D eigenvalue weighted by molar-refractivity contribution is 0.144. The molecule has 0 radical (unpaired) electrons. The number of nitrogens with one attached hydrogen (secondary N) is 1. The molecule has 1 aromatic heterocycles. The summed E-state index contributed by atoms with van der Waals surface area (Å²) in [6, 6.07) is 5.92. The van der Waals surface area contributed by atoms with E-state index in [2.05, 4.69) is 38.2 Å².